The lowest BCUT2D eigenvalue weighted by Gasteiger charge is -2.05. The van der Waals surface area contributed by atoms with Crippen LogP contribution in [0, 0.1) is 0 Å². The molecule has 5 rings (SSSR count). The Hall–Kier alpha value is -3.31. The minimum atomic E-state index is -0.977. The van der Waals surface area contributed by atoms with E-state index in [0.29, 0.717) is 11.1 Å². The van der Waals surface area contributed by atoms with E-state index in [1.165, 1.54) is 0 Å². The van der Waals surface area contributed by atoms with Crippen molar-refractivity contribution in [1.29, 1.82) is 0 Å². The Labute approximate surface area is 142 Å². The lowest BCUT2D eigenvalue weighted by molar-refractivity contribution is 0.241. The van der Waals surface area contributed by atoms with E-state index in [1.807, 2.05) is 60.8 Å². The lowest BCUT2D eigenvalue weighted by Crippen LogP contribution is -2.22. The molecule has 2 aromatic carbocycles. The molecular formula is C20H15N3O2. The van der Waals surface area contributed by atoms with Crippen molar-refractivity contribution < 1.29 is 10.2 Å². The van der Waals surface area contributed by atoms with Gasteiger partial charge in [0.05, 0.1) is 11.1 Å². The van der Waals surface area contributed by atoms with Gasteiger partial charge in [-0.1, -0.05) is 36.4 Å². The second kappa shape index (κ2) is 5.09. The van der Waals surface area contributed by atoms with E-state index in [0.717, 1.165) is 32.7 Å². The van der Waals surface area contributed by atoms with Crippen LogP contribution in [0.25, 0.3) is 27.7 Å². The Morgan fingerprint density at radius 1 is 0.960 bits per heavy atom. The zero-order valence-electron chi connectivity index (χ0n) is 13.2. The molecule has 25 heavy (non-hydrogen) atoms. The van der Waals surface area contributed by atoms with E-state index in [4.69, 9.17) is 0 Å². The summed E-state index contributed by atoms with van der Waals surface area (Å²) in [6.07, 6.45) is 0.934. The number of hydrogen-bond acceptors (Lipinski definition) is 3. The van der Waals surface area contributed by atoms with Crippen molar-refractivity contribution in [2.24, 2.45) is 4.99 Å². The summed E-state index contributed by atoms with van der Waals surface area (Å²) in [7, 11) is 0. The molecular weight excluding hydrogens is 314 g/mol. The molecule has 0 saturated carbocycles. The topological polar surface area (TPSA) is 84.4 Å². The molecule has 0 spiro atoms. The largest absolute Gasteiger partial charge is 0.494 e. The normalized spacial score (nSPS) is 16.2. The van der Waals surface area contributed by atoms with Gasteiger partial charge in [0.1, 0.15) is 0 Å². The summed E-state index contributed by atoms with van der Waals surface area (Å²) in [6, 6.07) is 17.4. The molecule has 2 aromatic heterocycles. The van der Waals surface area contributed by atoms with Crippen molar-refractivity contribution in [2.75, 3.05) is 0 Å². The number of fused-ring (bicyclic) bond motifs is 2. The van der Waals surface area contributed by atoms with Gasteiger partial charge in [-0.05, 0) is 18.2 Å². The van der Waals surface area contributed by atoms with Gasteiger partial charge in [-0.2, -0.15) is 0 Å². The van der Waals surface area contributed by atoms with Gasteiger partial charge >= 0.3 is 0 Å². The van der Waals surface area contributed by atoms with Crippen LogP contribution in [-0.2, 0) is 0 Å². The maximum absolute atomic E-state index is 10.5. The highest BCUT2D eigenvalue weighted by Gasteiger charge is 2.23. The SMILES string of the molecule is Oc1[nH]c(-c2c[nH]c3ccccc23)cc1C1=c2ccccc2=NC1O. The van der Waals surface area contributed by atoms with Crippen LogP contribution in [-0.4, -0.2) is 26.4 Å². The molecule has 0 saturated heterocycles. The van der Waals surface area contributed by atoms with Gasteiger partial charge in [0.2, 0.25) is 0 Å². The molecule has 0 fully saturated rings. The number of aromatic nitrogens is 2. The summed E-state index contributed by atoms with van der Waals surface area (Å²) in [6.45, 7) is 0. The summed E-state index contributed by atoms with van der Waals surface area (Å²) in [5.41, 5.74) is 3.98. The molecule has 4 aromatic rings. The highest BCUT2D eigenvalue weighted by atomic mass is 16.3. The second-order valence-electron chi connectivity index (χ2n) is 6.13. The monoisotopic (exact) mass is 329 g/mol. The first-order chi connectivity index (χ1) is 12.2. The molecule has 0 bridgehead atoms. The van der Waals surface area contributed by atoms with Gasteiger partial charge in [-0.3, -0.25) is 0 Å². The Morgan fingerprint density at radius 2 is 1.76 bits per heavy atom. The number of nitrogens with one attached hydrogen (secondary N) is 2. The maximum atomic E-state index is 10.5. The smallest absolute Gasteiger partial charge is 0.196 e. The number of rotatable bonds is 2. The number of aliphatic hydroxyl groups is 1. The van der Waals surface area contributed by atoms with Crippen molar-refractivity contribution in [3.05, 3.63) is 76.9 Å². The number of hydrogen-bond donors (Lipinski definition) is 4. The first-order valence-electron chi connectivity index (χ1n) is 8.06. The van der Waals surface area contributed by atoms with Crippen molar-refractivity contribution in [3.63, 3.8) is 0 Å². The van der Waals surface area contributed by atoms with E-state index in [-0.39, 0.29) is 5.88 Å². The molecule has 1 aliphatic rings. The number of aliphatic hydroxyl groups excluding tert-OH is 1. The summed E-state index contributed by atoms with van der Waals surface area (Å²) in [5.74, 6) is 0.0289. The molecule has 5 nitrogen and oxygen atoms in total. The van der Waals surface area contributed by atoms with Gasteiger partial charge in [-0.25, -0.2) is 4.99 Å². The number of para-hydroxylation sites is 2. The number of benzene rings is 2. The van der Waals surface area contributed by atoms with E-state index in [9.17, 15) is 10.2 Å². The molecule has 0 aliphatic carbocycles. The molecule has 0 radical (unpaired) electrons. The van der Waals surface area contributed by atoms with Crippen LogP contribution < -0.4 is 10.6 Å². The van der Waals surface area contributed by atoms with Gasteiger partial charge in [0, 0.05) is 39.0 Å². The number of aromatic hydroxyl groups is 1. The van der Waals surface area contributed by atoms with Crippen LogP contribution in [0.15, 0.2) is 65.8 Å². The maximum Gasteiger partial charge on any atom is 0.196 e. The van der Waals surface area contributed by atoms with Crippen molar-refractivity contribution >= 4 is 16.5 Å². The lowest BCUT2D eigenvalue weighted by atomic mass is 10.0. The number of nitrogens with zero attached hydrogens (tertiary/aromatic N) is 1. The molecule has 0 amide bonds. The van der Waals surface area contributed by atoms with Crippen LogP contribution in [0.1, 0.15) is 5.56 Å². The highest BCUT2D eigenvalue weighted by Crippen LogP contribution is 2.34. The molecule has 1 aliphatic heterocycles. The van der Waals surface area contributed by atoms with Crippen molar-refractivity contribution in [2.45, 2.75) is 6.23 Å². The minimum Gasteiger partial charge on any atom is -0.494 e. The first kappa shape index (κ1) is 14.1. The van der Waals surface area contributed by atoms with Crippen molar-refractivity contribution in [1.82, 2.24) is 9.97 Å². The Bertz CT molecular complexity index is 1230. The van der Waals surface area contributed by atoms with Gasteiger partial charge < -0.3 is 20.2 Å². The standard InChI is InChI=1S/C20H15N3O2/c24-19-13(18-12-6-2-4-8-16(12)22-20(18)25)9-17(23-19)14-10-21-15-7-3-1-5-11(14)15/h1-10,20-21,23-25H. The Kier molecular flexibility index (Phi) is 2.87. The third-order valence-corrected chi connectivity index (χ3v) is 4.68. The first-order valence-corrected chi connectivity index (χ1v) is 8.06. The van der Waals surface area contributed by atoms with Crippen molar-refractivity contribution in [3.8, 4) is 17.1 Å². The molecule has 1 atom stereocenters. The van der Waals surface area contributed by atoms with E-state index in [1.54, 1.807) is 0 Å². The number of H-pyrrole nitrogens is 2. The quantitative estimate of drug-likeness (QED) is 0.454. The fourth-order valence-electron chi connectivity index (χ4n) is 3.52. The zero-order valence-corrected chi connectivity index (χ0v) is 13.2. The van der Waals surface area contributed by atoms with Crippen LogP contribution in [0.2, 0.25) is 0 Å². The van der Waals surface area contributed by atoms with Gasteiger partial charge in [-0.15, -0.1) is 0 Å². The van der Waals surface area contributed by atoms with Gasteiger partial charge in [0.25, 0.3) is 0 Å². The van der Waals surface area contributed by atoms with E-state index >= 15 is 0 Å². The molecule has 3 heterocycles. The van der Waals surface area contributed by atoms with E-state index in [2.05, 4.69) is 15.0 Å². The fraction of sp³-hybridized carbons (Fsp3) is 0.0500. The molecule has 4 N–H and O–H groups in total. The summed E-state index contributed by atoms with van der Waals surface area (Å²) < 4.78 is 0. The predicted molar refractivity (Wildman–Crippen MR) is 95.5 cm³/mol. The van der Waals surface area contributed by atoms with Crippen LogP contribution >= 0.6 is 0 Å². The van der Waals surface area contributed by atoms with Crippen LogP contribution in [0.3, 0.4) is 0 Å². The zero-order chi connectivity index (χ0) is 17.0. The van der Waals surface area contributed by atoms with Crippen LogP contribution in [0.5, 0.6) is 5.88 Å². The predicted octanol–water partition coefficient (Wildman–Crippen LogP) is 2.02. The molecule has 1 unspecified atom stereocenters. The fourth-order valence-corrected chi connectivity index (χ4v) is 3.52. The summed E-state index contributed by atoms with van der Waals surface area (Å²) >= 11 is 0. The highest BCUT2D eigenvalue weighted by molar-refractivity contribution is 5.95. The molecule has 122 valence electrons. The van der Waals surface area contributed by atoms with Gasteiger partial charge in [0.15, 0.2) is 12.1 Å². The third kappa shape index (κ3) is 2.03. The Morgan fingerprint density at radius 3 is 2.68 bits per heavy atom. The molecule has 5 heteroatoms. The Balaban J connectivity index is 1.73. The summed E-state index contributed by atoms with van der Waals surface area (Å²) in [4.78, 5) is 10.5. The van der Waals surface area contributed by atoms with Crippen LogP contribution in [0.4, 0.5) is 0 Å². The second-order valence-corrected chi connectivity index (χ2v) is 6.13. The number of aromatic amines is 2. The average molecular weight is 329 g/mol. The minimum absolute atomic E-state index is 0.0289. The third-order valence-electron chi connectivity index (χ3n) is 4.68. The van der Waals surface area contributed by atoms with E-state index < -0.39 is 6.23 Å². The summed E-state index contributed by atoms with van der Waals surface area (Å²) in [5, 5.41) is 23.5. The average Bonchev–Trinajstić information content (AvgIpc) is 3.29.